The summed E-state index contributed by atoms with van der Waals surface area (Å²) in [7, 11) is -1.31. The molecule has 0 nitrogen and oxygen atoms in total. The lowest BCUT2D eigenvalue weighted by Crippen LogP contribution is -2.24. The van der Waals surface area contributed by atoms with E-state index >= 15 is 0 Å². The molecule has 0 heterocycles. The van der Waals surface area contributed by atoms with Crippen LogP contribution in [0.4, 0.5) is 0 Å². The largest absolute Gasteiger partial charge is 0.0986 e. The van der Waals surface area contributed by atoms with E-state index in [1.807, 2.05) is 0 Å². The maximum Gasteiger partial charge on any atom is 0.0883 e. The minimum Gasteiger partial charge on any atom is -0.0986 e. The van der Waals surface area contributed by atoms with Crippen molar-refractivity contribution >= 4 is 8.07 Å². The zero-order valence-corrected chi connectivity index (χ0v) is 15.4. The lowest BCUT2D eigenvalue weighted by atomic mass is 10.1. The van der Waals surface area contributed by atoms with Crippen LogP contribution in [0.1, 0.15) is 45.1 Å². The molecule has 21 heavy (non-hydrogen) atoms. The third-order valence-corrected chi connectivity index (χ3v) is 5.76. The van der Waals surface area contributed by atoms with Gasteiger partial charge in [-0.2, -0.15) is 0 Å². The SMILES string of the molecule is CCC(CC)=C(C#CCCCc1ccccc1)[Si](C)(C)C. The van der Waals surface area contributed by atoms with Crippen molar-refractivity contribution in [2.45, 2.75) is 65.6 Å². The second-order valence-corrected chi connectivity index (χ2v) is 11.6. The van der Waals surface area contributed by atoms with Crippen molar-refractivity contribution in [2.75, 3.05) is 0 Å². The van der Waals surface area contributed by atoms with Crippen LogP contribution in [0, 0.1) is 11.8 Å². The van der Waals surface area contributed by atoms with Gasteiger partial charge in [0.25, 0.3) is 0 Å². The van der Waals surface area contributed by atoms with Gasteiger partial charge in [0.2, 0.25) is 0 Å². The van der Waals surface area contributed by atoms with Gasteiger partial charge in [-0.25, -0.2) is 0 Å². The second-order valence-electron chi connectivity index (χ2n) is 6.58. The number of benzene rings is 1. The van der Waals surface area contributed by atoms with Crippen molar-refractivity contribution in [2.24, 2.45) is 0 Å². The van der Waals surface area contributed by atoms with Crippen LogP contribution >= 0.6 is 0 Å². The van der Waals surface area contributed by atoms with E-state index in [9.17, 15) is 0 Å². The van der Waals surface area contributed by atoms with Gasteiger partial charge in [-0.15, -0.1) is 0 Å². The molecule has 0 radical (unpaired) electrons. The summed E-state index contributed by atoms with van der Waals surface area (Å²) in [4.78, 5) is 0. The molecule has 0 N–H and O–H groups in total. The Bertz CT molecular complexity index is 500. The summed E-state index contributed by atoms with van der Waals surface area (Å²) in [5.41, 5.74) is 2.99. The molecule has 1 aromatic carbocycles. The Morgan fingerprint density at radius 1 is 1.00 bits per heavy atom. The van der Waals surface area contributed by atoms with Crippen molar-refractivity contribution in [1.29, 1.82) is 0 Å². The predicted molar refractivity (Wildman–Crippen MR) is 98.1 cm³/mol. The van der Waals surface area contributed by atoms with Crippen molar-refractivity contribution < 1.29 is 0 Å². The molecule has 0 spiro atoms. The first-order valence-electron chi connectivity index (χ1n) is 8.24. The summed E-state index contributed by atoms with van der Waals surface area (Å²) in [6, 6.07) is 10.7. The molecule has 1 aromatic rings. The van der Waals surface area contributed by atoms with Crippen molar-refractivity contribution in [3.8, 4) is 11.8 Å². The standard InChI is InChI=1S/C20H30Si/c1-6-19(7-2)20(21(3,4)5)17-13-9-12-16-18-14-10-8-11-15-18/h8,10-11,14-15H,6-7,9,12,16H2,1-5H3. The first kappa shape index (κ1) is 17.8. The minimum absolute atomic E-state index is 1.00. The van der Waals surface area contributed by atoms with E-state index in [2.05, 4.69) is 75.7 Å². The molecule has 1 heteroatoms. The van der Waals surface area contributed by atoms with Crippen molar-refractivity contribution in [1.82, 2.24) is 0 Å². The molecule has 0 bridgehead atoms. The Labute approximate surface area is 132 Å². The topological polar surface area (TPSA) is 0 Å². The van der Waals surface area contributed by atoms with Crippen molar-refractivity contribution in [3.05, 3.63) is 46.7 Å². The van der Waals surface area contributed by atoms with Crippen LogP contribution in [0.25, 0.3) is 0 Å². The quantitative estimate of drug-likeness (QED) is 0.343. The maximum absolute atomic E-state index is 3.54. The number of hydrogen-bond donors (Lipinski definition) is 0. The monoisotopic (exact) mass is 298 g/mol. The second kappa shape index (κ2) is 8.90. The van der Waals surface area contributed by atoms with E-state index in [-0.39, 0.29) is 0 Å². The summed E-state index contributed by atoms with van der Waals surface area (Å²) in [5.74, 6) is 6.98. The third-order valence-electron chi connectivity index (χ3n) is 3.78. The summed E-state index contributed by atoms with van der Waals surface area (Å²) in [5, 5.41) is 1.49. The molecule has 0 saturated carbocycles. The van der Waals surface area contributed by atoms with Crippen molar-refractivity contribution in [3.63, 3.8) is 0 Å². The first-order valence-corrected chi connectivity index (χ1v) is 11.7. The fourth-order valence-corrected chi connectivity index (χ4v) is 4.46. The van der Waals surface area contributed by atoms with E-state index in [1.54, 1.807) is 5.57 Å². The van der Waals surface area contributed by atoms with Crippen LogP contribution in [0.15, 0.2) is 41.1 Å². The molecule has 0 aliphatic carbocycles. The van der Waals surface area contributed by atoms with E-state index in [4.69, 9.17) is 0 Å². The normalized spacial score (nSPS) is 10.7. The fraction of sp³-hybridized carbons (Fsp3) is 0.500. The van der Waals surface area contributed by atoms with E-state index in [0.29, 0.717) is 0 Å². The zero-order valence-electron chi connectivity index (χ0n) is 14.4. The summed E-state index contributed by atoms with van der Waals surface area (Å²) < 4.78 is 0. The molecule has 1 rings (SSSR count). The lowest BCUT2D eigenvalue weighted by Gasteiger charge is -2.20. The van der Waals surface area contributed by atoms with Gasteiger partial charge in [-0.05, 0) is 36.4 Å². The molecular weight excluding hydrogens is 268 g/mol. The smallest absolute Gasteiger partial charge is 0.0883 e. The molecule has 0 unspecified atom stereocenters. The highest BCUT2D eigenvalue weighted by Crippen LogP contribution is 2.22. The highest BCUT2D eigenvalue weighted by Gasteiger charge is 2.20. The predicted octanol–water partition coefficient (Wildman–Crippen LogP) is 6.01. The molecule has 0 amide bonds. The third kappa shape index (κ3) is 6.36. The number of hydrogen-bond acceptors (Lipinski definition) is 0. The number of rotatable bonds is 6. The van der Waals surface area contributed by atoms with Crippen LogP contribution in [0.3, 0.4) is 0 Å². The van der Waals surface area contributed by atoms with Gasteiger partial charge in [0.15, 0.2) is 0 Å². The highest BCUT2D eigenvalue weighted by atomic mass is 28.3. The zero-order chi connectivity index (χ0) is 15.7. The van der Waals surface area contributed by atoms with Crippen LogP contribution in [0.2, 0.25) is 19.6 Å². The van der Waals surface area contributed by atoms with E-state index < -0.39 is 8.07 Å². The fourth-order valence-electron chi connectivity index (χ4n) is 2.59. The average molecular weight is 299 g/mol. The molecule has 0 atom stereocenters. The summed E-state index contributed by atoms with van der Waals surface area (Å²) in [6.45, 7) is 11.7. The van der Waals surface area contributed by atoms with Gasteiger partial charge in [0.1, 0.15) is 0 Å². The van der Waals surface area contributed by atoms with Gasteiger partial charge >= 0.3 is 0 Å². The van der Waals surface area contributed by atoms with Crippen LogP contribution in [-0.2, 0) is 6.42 Å². The first-order chi connectivity index (χ1) is 9.99. The van der Waals surface area contributed by atoms with Crippen LogP contribution in [-0.4, -0.2) is 8.07 Å². The number of allylic oxidation sites excluding steroid dienone is 2. The molecule has 0 saturated heterocycles. The number of unbranched alkanes of at least 4 members (excludes halogenated alkanes) is 1. The summed E-state index contributed by atoms with van der Waals surface area (Å²) >= 11 is 0. The average Bonchev–Trinajstić information content (AvgIpc) is 2.46. The Balaban J connectivity index is 2.64. The Kier molecular flexibility index (Phi) is 7.54. The lowest BCUT2D eigenvalue weighted by molar-refractivity contribution is 0.857. The molecule has 0 aliphatic rings. The van der Waals surface area contributed by atoms with Gasteiger partial charge in [0, 0.05) is 6.42 Å². The van der Waals surface area contributed by atoms with Crippen LogP contribution in [0.5, 0.6) is 0 Å². The van der Waals surface area contributed by atoms with E-state index in [0.717, 1.165) is 32.1 Å². The van der Waals surface area contributed by atoms with Crippen LogP contribution < -0.4 is 0 Å². The molecule has 0 aliphatic heterocycles. The maximum atomic E-state index is 3.54. The number of aryl methyl sites for hydroxylation is 1. The Morgan fingerprint density at radius 2 is 1.62 bits per heavy atom. The molecule has 0 fully saturated rings. The van der Waals surface area contributed by atoms with Gasteiger partial charge in [-0.1, -0.05) is 81.2 Å². The minimum atomic E-state index is -1.31. The van der Waals surface area contributed by atoms with Gasteiger partial charge in [0.05, 0.1) is 8.07 Å². The molecular formula is C20H30Si. The van der Waals surface area contributed by atoms with Gasteiger partial charge < -0.3 is 0 Å². The van der Waals surface area contributed by atoms with Gasteiger partial charge in [-0.3, -0.25) is 0 Å². The Morgan fingerprint density at radius 3 is 2.14 bits per heavy atom. The highest BCUT2D eigenvalue weighted by molar-refractivity contribution is 6.84. The summed E-state index contributed by atoms with van der Waals surface area (Å²) in [6.07, 6.45) is 5.59. The molecule has 0 aromatic heterocycles. The van der Waals surface area contributed by atoms with E-state index in [1.165, 1.54) is 10.8 Å². The molecule has 114 valence electrons. The Hall–Kier alpha value is -1.26.